The summed E-state index contributed by atoms with van der Waals surface area (Å²) in [7, 11) is 1.71. The molecule has 150 valence electrons. The lowest BCUT2D eigenvalue weighted by molar-refractivity contribution is -0.130. The van der Waals surface area contributed by atoms with E-state index in [1.54, 1.807) is 14.0 Å². The number of rotatable bonds is 6. The molecule has 2 heterocycles. The Morgan fingerprint density at radius 3 is 2.74 bits per heavy atom. The summed E-state index contributed by atoms with van der Waals surface area (Å²) in [5, 5.41) is 0. The number of benzene rings is 1. The number of amides is 1. The molecule has 0 radical (unpaired) electrons. The Hall–Kier alpha value is -1.59. The SMILES string of the molecule is CCOCc1cc(CN2CCCCC[C@@H]3[C@@H]2CCN3C(C)=O)ccc1OC. The highest BCUT2D eigenvalue weighted by molar-refractivity contribution is 5.74. The van der Waals surface area contributed by atoms with Crippen molar-refractivity contribution >= 4 is 5.91 Å². The Morgan fingerprint density at radius 1 is 1.15 bits per heavy atom. The van der Waals surface area contributed by atoms with Crippen LogP contribution in [0.5, 0.6) is 5.75 Å². The van der Waals surface area contributed by atoms with E-state index >= 15 is 0 Å². The van der Waals surface area contributed by atoms with Crippen molar-refractivity contribution in [1.29, 1.82) is 0 Å². The quantitative estimate of drug-likeness (QED) is 0.763. The fourth-order valence-electron chi connectivity index (χ4n) is 4.70. The van der Waals surface area contributed by atoms with E-state index in [-0.39, 0.29) is 5.91 Å². The van der Waals surface area contributed by atoms with Crippen molar-refractivity contribution in [3.8, 4) is 5.75 Å². The average molecular weight is 375 g/mol. The summed E-state index contributed by atoms with van der Waals surface area (Å²) in [5.74, 6) is 1.12. The van der Waals surface area contributed by atoms with Crippen LogP contribution in [0, 0.1) is 0 Å². The number of ether oxygens (including phenoxy) is 2. The van der Waals surface area contributed by atoms with Crippen molar-refractivity contribution in [2.75, 3.05) is 26.8 Å². The van der Waals surface area contributed by atoms with Gasteiger partial charge in [0.1, 0.15) is 5.75 Å². The number of hydrogen-bond acceptors (Lipinski definition) is 4. The van der Waals surface area contributed by atoms with E-state index in [1.807, 2.05) is 6.92 Å². The highest BCUT2D eigenvalue weighted by Gasteiger charge is 2.39. The normalized spacial score (nSPS) is 23.6. The van der Waals surface area contributed by atoms with Crippen LogP contribution in [0.25, 0.3) is 0 Å². The zero-order valence-corrected chi connectivity index (χ0v) is 17.1. The minimum Gasteiger partial charge on any atom is -0.496 e. The molecule has 2 aliphatic rings. The molecule has 2 atom stereocenters. The predicted octanol–water partition coefficient (Wildman–Crippen LogP) is 3.60. The van der Waals surface area contributed by atoms with Gasteiger partial charge in [-0.25, -0.2) is 0 Å². The molecular weight excluding hydrogens is 340 g/mol. The predicted molar refractivity (Wildman–Crippen MR) is 107 cm³/mol. The van der Waals surface area contributed by atoms with Gasteiger partial charge < -0.3 is 14.4 Å². The van der Waals surface area contributed by atoms with Crippen molar-refractivity contribution in [1.82, 2.24) is 9.80 Å². The summed E-state index contributed by atoms with van der Waals surface area (Å²) in [5.41, 5.74) is 2.41. The third kappa shape index (κ3) is 4.82. The van der Waals surface area contributed by atoms with Crippen LogP contribution >= 0.6 is 0 Å². The van der Waals surface area contributed by atoms with Gasteiger partial charge in [0.2, 0.25) is 5.91 Å². The molecule has 2 saturated heterocycles. The lowest BCUT2D eigenvalue weighted by Crippen LogP contribution is -2.47. The molecule has 27 heavy (non-hydrogen) atoms. The van der Waals surface area contributed by atoms with Crippen molar-refractivity contribution in [3.05, 3.63) is 29.3 Å². The number of nitrogens with zero attached hydrogens (tertiary/aromatic N) is 2. The van der Waals surface area contributed by atoms with Crippen LogP contribution in [0.1, 0.15) is 57.1 Å². The van der Waals surface area contributed by atoms with Crippen molar-refractivity contribution in [3.63, 3.8) is 0 Å². The smallest absolute Gasteiger partial charge is 0.219 e. The van der Waals surface area contributed by atoms with E-state index in [4.69, 9.17) is 9.47 Å². The average Bonchev–Trinajstić information content (AvgIpc) is 3.06. The fourth-order valence-corrected chi connectivity index (χ4v) is 4.70. The monoisotopic (exact) mass is 374 g/mol. The van der Waals surface area contributed by atoms with E-state index in [0.29, 0.717) is 25.3 Å². The molecule has 0 aliphatic carbocycles. The van der Waals surface area contributed by atoms with Gasteiger partial charge in [0, 0.05) is 44.3 Å². The van der Waals surface area contributed by atoms with E-state index in [0.717, 1.165) is 43.8 Å². The van der Waals surface area contributed by atoms with E-state index in [9.17, 15) is 4.79 Å². The van der Waals surface area contributed by atoms with Crippen LogP contribution in [0.15, 0.2) is 18.2 Å². The van der Waals surface area contributed by atoms with Crippen molar-refractivity contribution < 1.29 is 14.3 Å². The summed E-state index contributed by atoms with van der Waals surface area (Å²) in [6, 6.07) is 7.30. The Balaban J connectivity index is 1.77. The first-order chi connectivity index (χ1) is 13.1. The van der Waals surface area contributed by atoms with Crippen LogP contribution in [0.3, 0.4) is 0 Å². The van der Waals surface area contributed by atoms with Gasteiger partial charge in [0.05, 0.1) is 13.7 Å². The van der Waals surface area contributed by atoms with Gasteiger partial charge in [0.25, 0.3) is 0 Å². The third-order valence-electron chi connectivity index (χ3n) is 6.02. The van der Waals surface area contributed by atoms with Crippen molar-refractivity contribution in [2.24, 2.45) is 0 Å². The summed E-state index contributed by atoms with van der Waals surface area (Å²) in [6.45, 7) is 7.95. The van der Waals surface area contributed by atoms with Gasteiger partial charge in [-0.1, -0.05) is 18.9 Å². The third-order valence-corrected chi connectivity index (χ3v) is 6.02. The van der Waals surface area contributed by atoms with Crippen molar-refractivity contribution in [2.45, 2.75) is 71.2 Å². The van der Waals surface area contributed by atoms with Gasteiger partial charge in [-0.3, -0.25) is 9.69 Å². The maximum absolute atomic E-state index is 12.1. The number of carbonyl (C=O) groups excluding carboxylic acids is 1. The highest BCUT2D eigenvalue weighted by Crippen LogP contribution is 2.31. The van der Waals surface area contributed by atoms with Crippen LogP contribution in [-0.2, 0) is 22.7 Å². The fraction of sp³-hybridized carbons (Fsp3) is 0.682. The minimum absolute atomic E-state index is 0.228. The first-order valence-electron chi connectivity index (χ1n) is 10.4. The molecule has 1 amide bonds. The van der Waals surface area contributed by atoms with Crippen LogP contribution in [0.2, 0.25) is 0 Å². The number of hydrogen-bond donors (Lipinski definition) is 0. The van der Waals surface area contributed by atoms with Crippen LogP contribution in [0.4, 0.5) is 0 Å². The van der Waals surface area contributed by atoms with E-state index < -0.39 is 0 Å². The number of methoxy groups -OCH3 is 1. The Kier molecular flexibility index (Phi) is 7.13. The van der Waals surface area contributed by atoms with E-state index in [2.05, 4.69) is 28.0 Å². The molecule has 2 fully saturated rings. The summed E-state index contributed by atoms with van der Waals surface area (Å²) in [6.07, 6.45) is 5.96. The largest absolute Gasteiger partial charge is 0.496 e. The maximum Gasteiger partial charge on any atom is 0.219 e. The zero-order chi connectivity index (χ0) is 19.2. The second kappa shape index (κ2) is 9.56. The minimum atomic E-state index is 0.228. The molecule has 0 bridgehead atoms. The standard InChI is InChI=1S/C22H34N2O3/c1-4-27-16-19-14-18(9-10-22(19)26-3)15-23-12-7-5-6-8-21-20(23)11-13-24(21)17(2)25/h9-10,14,20-21H,4-8,11-13,15-16H2,1-3H3/t20-,21+/m0/s1. The highest BCUT2D eigenvalue weighted by atomic mass is 16.5. The van der Waals surface area contributed by atoms with Gasteiger partial charge >= 0.3 is 0 Å². The summed E-state index contributed by atoms with van der Waals surface area (Å²) in [4.78, 5) is 16.8. The zero-order valence-electron chi connectivity index (χ0n) is 17.1. The molecule has 5 heteroatoms. The second-order valence-corrected chi connectivity index (χ2v) is 7.74. The molecule has 0 spiro atoms. The first-order valence-corrected chi connectivity index (χ1v) is 10.4. The Bertz CT molecular complexity index is 634. The van der Waals surface area contributed by atoms with Gasteiger partial charge in [-0.2, -0.15) is 0 Å². The van der Waals surface area contributed by atoms with Gasteiger partial charge in [-0.05, 0) is 50.4 Å². The van der Waals surface area contributed by atoms with Crippen LogP contribution in [-0.4, -0.2) is 54.6 Å². The van der Waals surface area contributed by atoms with Gasteiger partial charge in [-0.15, -0.1) is 0 Å². The summed E-state index contributed by atoms with van der Waals surface area (Å²) >= 11 is 0. The first kappa shape index (κ1) is 20.2. The molecule has 2 aliphatic heterocycles. The molecule has 1 aromatic carbocycles. The molecule has 0 saturated carbocycles. The van der Waals surface area contributed by atoms with E-state index in [1.165, 1.54) is 24.8 Å². The molecule has 1 aromatic rings. The molecule has 5 nitrogen and oxygen atoms in total. The Labute approximate surface area is 163 Å². The topological polar surface area (TPSA) is 42.0 Å². The molecule has 3 rings (SSSR count). The Morgan fingerprint density at radius 2 is 2.00 bits per heavy atom. The molecular formula is C22H34N2O3. The number of carbonyl (C=O) groups is 1. The molecule has 0 unspecified atom stereocenters. The lowest BCUT2D eigenvalue weighted by Gasteiger charge is -2.37. The lowest BCUT2D eigenvalue weighted by atomic mass is 9.96. The molecule has 0 N–H and O–H groups in total. The molecule has 0 aromatic heterocycles. The maximum atomic E-state index is 12.1. The number of fused-ring (bicyclic) bond motifs is 1. The van der Waals surface area contributed by atoms with Crippen LogP contribution < -0.4 is 4.74 Å². The summed E-state index contributed by atoms with van der Waals surface area (Å²) < 4.78 is 11.1. The van der Waals surface area contributed by atoms with Gasteiger partial charge in [0.15, 0.2) is 0 Å². The number of likely N-dealkylation sites (tertiary alicyclic amines) is 2. The second-order valence-electron chi connectivity index (χ2n) is 7.74.